The molecule has 4 atom stereocenters. The van der Waals surface area contributed by atoms with Gasteiger partial charge in [0.05, 0.1) is 6.04 Å². The lowest BCUT2D eigenvalue weighted by atomic mass is 9.72. The Morgan fingerprint density at radius 2 is 2.14 bits per heavy atom. The van der Waals surface area contributed by atoms with Gasteiger partial charge in [0.25, 0.3) is 0 Å². The topological polar surface area (TPSA) is 65.5 Å². The summed E-state index contributed by atoms with van der Waals surface area (Å²) in [7, 11) is 0. The predicted molar refractivity (Wildman–Crippen MR) is 109 cm³/mol. The third-order valence-electron chi connectivity index (χ3n) is 6.81. The van der Waals surface area contributed by atoms with Gasteiger partial charge >= 0.3 is 0 Å². The first-order valence-corrected chi connectivity index (χ1v) is 10.8. The van der Waals surface area contributed by atoms with Crippen LogP contribution in [-0.4, -0.2) is 53.4 Å². The Morgan fingerprint density at radius 1 is 1.32 bits per heavy atom. The van der Waals surface area contributed by atoms with Crippen LogP contribution in [0.15, 0.2) is 18.5 Å². The number of anilines is 1. The van der Waals surface area contributed by atoms with E-state index in [-0.39, 0.29) is 17.9 Å². The summed E-state index contributed by atoms with van der Waals surface area (Å²) in [5, 5.41) is 3.11. The van der Waals surface area contributed by atoms with Gasteiger partial charge in [-0.25, -0.2) is 0 Å². The number of nitrogens with zero attached hydrogens (tertiary/aromatic N) is 3. The molecule has 0 unspecified atom stereocenters. The fourth-order valence-electron chi connectivity index (χ4n) is 5.59. The fraction of sp³-hybridized carbons (Fsp3) is 0.682. The van der Waals surface area contributed by atoms with Crippen molar-refractivity contribution in [1.29, 1.82) is 0 Å². The zero-order valence-electron chi connectivity index (χ0n) is 17.1. The lowest BCUT2D eigenvalue weighted by Crippen LogP contribution is -2.67. The summed E-state index contributed by atoms with van der Waals surface area (Å²) in [5.41, 5.74) is 2.46. The van der Waals surface area contributed by atoms with Crippen LogP contribution in [0.4, 0.5) is 5.69 Å². The molecular weight excluding hydrogens is 352 g/mol. The van der Waals surface area contributed by atoms with E-state index in [0.29, 0.717) is 37.3 Å². The number of hydrogen-bond acceptors (Lipinski definition) is 4. The number of hydrogen-bond donors (Lipinski definition) is 1. The molecule has 3 saturated heterocycles. The molecule has 1 aromatic rings. The molecule has 2 bridgehead atoms. The first kappa shape index (κ1) is 19.2. The van der Waals surface area contributed by atoms with E-state index in [4.69, 9.17) is 0 Å². The van der Waals surface area contributed by atoms with Crippen LogP contribution in [0.2, 0.25) is 0 Å². The molecule has 1 aromatic heterocycles. The molecule has 28 heavy (non-hydrogen) atoms. The lowest BCUT2D eigenvalue weighted by Gasteiger charge is -2.57. The van der Waals surface area contributed by atoms with Crippen LogP contribution in [0.25, 0.3) is 0 Å². The molecule has 1 N–H and O–H groups in total. The third-order valence-corrected chi connectivity index (χ3v) is 6.81. The standard InChI is InChI=1S/C22H32N4O2/c1-3-5-21(27)24-12-20-17-10-16(19-6-4-7-22(28)26(19)20)13-25(14-17)18-8-9-23-11-15(18)2/h8-9,11,16-17,19-20H,3-7,10,12-14H2,1-2H3,(H,24,27)/t16-,17+,19+,20+/m1/s1. The van der Waals surface area contributed by atoms with E-state index in [1.165, 1.54) is 11.3 Å². The van der Waals surface area contributed by atoms with Crippen LogP contribution in [0, 0.1) is 18.8 Å². The molecule has 4 heterocycles. The Balaban J connectivity index is 1.58. The van der Waals surface area contributed by atoms with Gasteiger partial charge in [-0.05, 0) is 56.1 Å². The Kier molecular flexibility index (Phi) is 5.56. The molecule has 4 rings (SSSR count). The highest BCUT2D eigenvalue weighted by Gasteiger charge is 2.49. The molecule has 6 nitrogen and oxygen atoms in total. The number of rotatable bonds is 5. The van der Waals surface area contributed by atoms with Gasteiger partial charge in [-0.2, -0.15) is 0 Å². The second kappa shape index (κ2) is 8.10. The van der Waals surface area contributed by atoms with E-state index in [1.807, 2.05) is 19.3 Å². The van der Waals surface area contributed by atoms with Gasteiger partial charge in [0.15, 0.2) is 0 Å². The van der Waals surface area contributed by atoms with Crippen molar-refractivity contribution in [2.24, 2.45) is 11.8 Å². The van der Waals surface area contributed by atoms with Crippen LogP contribution < -0.4 is 10.2 Å². The van der Waals surface area contributed by atoms with E-state index in [0.717, 1.165) is 38.8 Å². The minimum Gasteiger partial charge on any atom is -0.371 e. The van der Waals surface area contributed by atoms with Gasteiger partial charge in [0, 0.05) is 56.6 Å². The number of amides is 2. The largest absolute Gasteiger partial charge is 0.371 e. The molecule has 3 fully saturated rings. The van der Waals surface area contributed by atoms with Gasteiger partial charge in [-0.15, -0.1) is 0 Å². The predicted octanol–water partition coefficient (Wildman–Crippen LogP) is 2.51. The maximum absolute atomic E-state index is 12.8. The van der Waals surface area contributed by atoms with E-state index >= 15 is 0 Å². The van der Waals surface area contributed by atoms with E-state index in [2.05, 4.69) is 33.1 Å². The fourth-order valence-corrected chi connectivity index (χ4v) is 5.59. The quantitative estimate of drug-likeness (QED) is 0.847. The van der Waals surface area contributed by atoms with Gasteiger partial charge in [0.1, 0.15) is 0 Å². The number of aryl methyl sites for hydroxylation is 1. The molecule has 2 amide bonds. The second-order valence-corrected chi connectivity index (χ2v) is 8.71. The molecule has 152 valence electrons. The van der Waals surface area contributed by atoms with E-state index in [1.54, 1.807) is 0 Å². The van der Waals surface area contributed by atoms with Crippen molar-refractivity contribution in [1.82, 2.24) is 15.2 Å². The molecule has 0 radical (unpaired) electrons. The summed E-state index contributed by atoms with van der Waals surface area (Å²) in [5.74, 6) is 1.29. The highest BCUT2D eigenvalue weighted by Crippen LogP contribution is 2.42. The van der Waals surface area contributed by atoms with Gasteiger partial charge in [-0.1, -0.05) is 6.92 Å². The molecule has 0 aromatic carbocycles. The van der Waals surface area contributed by atoms with Crippen LogP contribution >= 0.6 is 0 Å². The second-order valence-electron chi connectivity index (χ2n) is 8.71. The normalized spacial score (nSPS) is 29.4. The van der Waals surface area contributed by atoms with Gasteiger partial charge in [-0.3, -0.25) is 14.6 Å². The first-order chi connectivity index (χ1) is 13.6. The smallest absolute Gasteiger partial charge is 0.223 e. The van der Waals surface area contributed by atoms with Crippen molar-refractivity contribution in [3.63, 3.8) is 0 Å². The van der Waals surface area contributed by atoms with E-state index < -0.39 is 0 Å². The minimum atomic E-state index is 0.100. The first-order valence-electron chi connectivity index (χ1n) is 10.8. The van der Waals surface area contributed by atoms with Gasteiger partial charge < -0.3 is 15.1 Å². The lowest BCUT2D eigenvalue weighted by molar-refractivity contribution is -0.149. The average molecular weight is 385 g/mol. The molecular formula is C22H32N4O2. The monoisotopic (exact) mass is 384 g/mol. The molecule has 0 saturated carbocycles. The highest BCUT2D eigenvalue weighted by molar-refractivity contribution is 5.79. The van der Waals surface area contributed by atoms with Crippen molar-refractivity contribution >= 4 is 17.5 Å². The average Bonchev–Trinajstić information content (AvgIpc) is 2.69. The Morgan fingerprint density at radius 3 is 2.93 bits per heavy atom. The Bertz CT molecular complexity index is 737. The number of fused-ring (bicyclic) bond motifs is 4. The van der Waals surface area contributed by atoms with Crippen LogP contribution in [0.1, 0.15) is 51.0 Å². The Labute approximate surface area is 167 Å². The zero-order valence-corrected chi connectivity index (χ0v) is 17.1. The molecule has 0 aliphatic carbocycles. The summed E-state index contributed by atoms with van der Waals surface area (Å²) < 4.78 is 0. The molecule has 6 heteroatoms. The molecule has 3 aliphatic rings. The number of pyridine rings is 1. The van der Waals surface area contributed by atoms with Crippen molar-refractivity contribution in [2.75, 3.05) is 24.5 Å². The van der Waals surface area contributed by atoms with Crippen LogP contribution in [-0.2, 0) is 9.59 Å². The summed E-state index contributed by atoms with van der Waals surface area (Å²) in [6, 6.07) is 2.54. The van der Waals surface area contributed by atoms with Gasteiger partial charge in [0.2, 0.25) is 11.8 Å². The number of piperidine rings is 3. The number of aromatic nitrogens is 1. The number of carbonyl (C=O) groups excluding carboxylic acids is 2. The maximum Gasteiger partial charge on any atom is 0.223 e. The van der Waals surface area contributed by atoms with Crippen molar-refractivity contribution in [3.8, 4) is 0 Å². The number of carbonyl (C=O) groups is 2. The summed E-state index contributed by atoms with van der Waals surface area (Å²) in [4.78, 5) is 33.8. The van der Waals surface area contributed by atoms with Crippen molar-refractivity contribution < 1.29 is 9.59 Å². The minimum absolute atomic E-state index is 0.100. The van der Waals surface area contributed by atoms with Crippen LogP contribution in [0.3, 0.4) is 0 Å². The van der Waals surface area contributed by atoms with Crippen molar-refractivity contribution in [2.45, 2.75) is 64.5 Å². The Hall–Kier alpha value is -2.11. The summed E-state index contributed by atoms with van der Waals surface area (Å²) >= 11 is 0. The van der Waals surface area contributed by atoms with Crippen LogP contribution in [0.5, 0.6) is 0 Å². The third kappa shape index (κ3) is 3.61. The highest BCUT2D eigenvalue weighted by atomic mass is 16.2. The maximum atomic E-state index is 12.8. The summed E-state index contributed by atoms with van der Waals surface area (Å²) in [6.45, 7) is 6.66. The summed E-state index contributed by atoms with van der Waals surface area (Å²) in [6.07, 6.45) is 9.09. The number of nitrogens with one attached hydrogen (secondary N) is 1. The SMILES string of the molecule is CCCC(=O)NC[C@H]1[C@H]2C[C@H](CN(c3ccncc3C)C2)[C@@H]2CCCC(=O)N21. The molecule has 3 aliphatic heterocycles. The molecule has 0 spiro atoms. The van der Waals surface area contributed by atoms with E-state index in [9.17, 15) is 9.59 Å². The zero-order chi connectivity index (χ0) is 19.7. The van der Waals surface area contributed by atoms with Crippen molar-refractivity contribution in [3.05, 3.63) is 24.0 Å².